The van der Waals surface area contributed by atoms with Gasteiger partial charge in [-0.2, -0.15) is 0 Å². The lowest BCUT2D eigenvalue weighted by Crippen LogP contribution is -2.55. The zero-order valence-electron chi connectivity index (χ0n) is 20.5. The van der Waals surface area contributed by atoms with Gasteiger partial charge in [-0.25, -0.2) is 9.97 Å². The zero-order valence-corrected chi connectivity index (χ0v) is 20.5. The van der Waals surface area contributed by atoms with Crippen molar-refractivity contribution in [2.45, 2.75) is 69.8 Å². The van der Waals surface area contributed by atoms with Crippen molar-refractivity contribution >= 4 is 5.78 Å². The number of rotatable bonds is 2. The van der Waals surface area contributed by atoms with Crippen LogP contribution < -0.4 is 0 Å². The molecule has 0 saturated heterocycles. The van der Waals surface area contributed by atoms with Crippen molar-refractivity contribution in [1.82, 2.24) is 9.97 Å². The largest absolute Gasteiger partial charge is 0.486 e. The average Bonchev–Trinajstić information content (AvgIpc) is 3.44. The van der Waals surface area contributed by atoms with Crippen LogP contribution in [0.5, 0.6) is 0 Å². The van der Waals surface area contributed by atoms with E-state index in [-0.39, 0.29) is 11.2 Å². The number of fused-ring (bicyclic) bond motifs is 6. The summed E-state index contributed by atoms with van der Waals surface area (Å²) in [5.41, 5.74) is 4.83. The molecule has 7 atom stereocenters. The minimum Gasteiger partial charge on any atom is -0.486 e. The smallest absolute Gasteiger partial charge is 0.202 e. The van der Waals surface area contributed by atoms with Crippen molar-refractivity contribution in [2.24, 2.45) is 29.1 Å². The van der Waals surface area contributed by atoms with Crippen LogP contribution in [0, 0.1) is 29.1 Å². The van der Waals surface area contributed by atoms with Crippen molar-refractivity contribution in [1.29, 1.82) is 0 Å². The van der Waals surface area contributed by atoms with Crippen LogP contribution in [0.4, 0.5) is 0 Å². The van der Waals surface area contributed by atoms with E-state index in [0.717, 1.165) is 42.6 Å². The second-order valence-corrected chi connectivity index (χ2v) is 11.9. The van der Waals surface area contributed by atoms with E-state index >= 15 is 0 Å². The summed E-state index contributed by atoms with van der Waals surface area (Å²) in [4.78, 5) is 21.2. The van der Waals surface area contributed by atoms with Crippen LogP contribution in [0.15, 0.2) is 67.0 Å². The number of ether oxygens (including phenoxy) is 1. The summed E-state index contributed by atoms with van der Waals surface area (Å²) >= 11 is 0. The van der Waals surface area contributed by atoms with Gasteiger partial charge in [0.25, 0.3) is 0 Å². The fourth-order valence-electron chi connectivity index (χ4n) is 8.97. The van der Waals surface area contributed by atoms with E-state index in [0.29, 0.717) is 11.8 Å². The monoisotopic (exact) mass is 466 g/mol. The molecule has 0 N–H and O–H groups in total. The first-order chi connectivity index (χ1) is 17.1. The van der Waals surface area contributed by atoms with Gasteiger partial charge in [-0.05, 0) is 86.2 Å². The SMILES string of the molecule is C[C@]12CC[C@H]3[C@@H](CCC4=CC(c5ccc(-c6cncnc6)cc5)CC[C@@H]43)[C@@H]1CCC21OC=CC1=O. The maximum atomic E-state index is 12.9. The summed E-state index contributed by atoms with van der Waals surface area (Å²) in [5.74, 6) is 3.65. The highest BCUT2D eigenvalue weighted by Crippen LogP contribution is 2.67. The van der Waals surface area contributed by atoms with E-state index < -0.39 is 5.60 Å². The summed E-state index contributed by atoms with van der Waals surface area (Å²) in [5, 5.41) is 0. The number of ketones is 1. The molecule has 2 aromatic rings. The van der Waals surface area contributed by atoms with Crippen LogP contribution in [0.2, 0.25) is 0 Å². The number of aromatic nitrogens is 2. The highest BCUT2D eigenvalue weighted by atomic mass is 16.5. The molecule has 4 nitrogen and oxygen atoms in total. The molecule has 0 radical (unpaired) electrons. The maximum Gasteiger partial charge on any atom is 0.202 e. The number of hydrogen-bond acceptors (Lipinski definition) is 4. The van der Waals surface area contributed by atoms with Crippen molar-refractivity contribution < 1.29 is 9.53 Å². The molecular formula is C31H34N2O2. The van der Waals surface area contributed by atoms with E-state index in [1.54, 1.807) is 24.2 Å². The van der Waals surface area contributed by atoms with Gasteiger partial charge in [-0.15, -0.1) is 0 Å². The van der Waals surface area contributed by atoms with Gasteiger partial charge in [-0.1, -0.05) is 42.8 Å². The standard InChI is InChI=1S/C31H34N2O2/c1-30-13-10-26-25-8-6-22(20-2-4-21(5-3-20)24-17-32-19-33-18-24)16-23(25)7-9-27(26)28(30)11-14-31(30)29(34)12-15-35-31/h2-5,12,15-19,22,25-28H,6-11,13-14H2,1H3/t22?,25-,26+,27+,28-,30-,31?/m0/s1. The zero-order chi connectivity index (χ0) is 23.6. The lowest BCUT2D eigenvalue weighted by molar-refractivity contribution is -0.151. The number of carbonyl (C=O) groups is 1. The van der Waals surface area contributed by atoms with Gasteiger partial charge in [0, 0.05) is 35.4 Å². The number of nitrogens with zero attached hydrogens (tertiary/aromatic N) is 2. The normalized spacial score (nSPS) is 39.5. The molecular weight excluding hydrogens is 432 g/mol. The van der Waals surface area contributed by atoms with Crippen molar-refractivity contribution in [3.05, 3.63) is 72.5 Å². The van der Waals surface area contributed by atoms with E-state index in [1.807, 2.05) is 12.4 Å². The summed E-state index contributed by atoms with van der Waals surface area (Å²) in [6.07, 6.45) is 20.8. The van der Waals surface area contributed by atoms with Gasteiger partial charge in [0.05, 0.1) is 6.26 Å². The average molecular weight is 467 g/mol. The predicted octanol–water partition coefficient (Wildman–Crippen LogP) is 6.65. The second-order valence-electron chi connectivity index (χ2n) is 11.9. The molecule has 2 unspecified atom stereocenters. The lowest BCUT2D eigenvalue weighted by atomic mass is 9.50. The molecule has 1 spiro atoms. The third-order valence-corrected chi connectivity index (χ3v) is 10.7. The van der Waals surface area contributed by atoms with E-state index in [2.05, 4.69) is 47.2 Å². The molecule has 4 aliphatic carbocycles. The fourth-order valence-corrected chi connectivity index (χ4v) is 8.97. The first-order valence-corrected chi connectivity index (χ1v) is 13.5. The Morgan fingerprint density at radius 2 is 1.74 bits per heavy atom. The van der Waals surface area contributed by atoms with Gasteiger partial charge in [0.2, 0.25) is 5.78 Å². The number of hydrogen-bond donors (Lipinski definition) is 0. The Kier molecular flexibility index (Phi) is 4.84. The van der Waals surface area contributed by atoms with E-state index in [4.69, 9.17) is 4.74 Å². The molecule has 0 amide bonds. The third kappa shape index (κ3) is 3.07. The Morgan fingerprint density at radius 1 is 0.914 bits per heavy atom. The highest BCUT2D eigenvalue weighted by Gasteiger charge is 2.67. The minimum atomic E-state index is -0.561. The van der Waals surface area contributed by atoms with Crippen molar-refractivity contribution in [3.63, 3.8) is 0 Å². The molecule has 3 saturated carbocycles. The molecule has 2 heterocycles. The molecule has 35 heavy (non-hydrogen) atoms. The number of carbonyl (C=O) groups excluding carboxylic acids is 1. The Hall–Kier alpha value is -2.75. The van der Waals surface area contributed by atoms with Crippen LogP contribution in [0.3, 0.4) is 0 Å². The van der Waals surface area contributed by atoms with Crippen molar-refractivity contribution in [2.75, 3.05) is 0 Å². The molecule has 5 aliphatic rings. The van der Waals surface area contributed by atoms with Crippen LogP contribution in [0.25, 0.3) is 11.1 Å². The van der Waals surface area contributed by atoms with Crippen LogP contribution >= 0.6 is 0 Å². The number of benzene rings is 1. The summed E-state index contributed by atoms with van der Waals surface area (Å²) in [7, 11) is 0. The molecule has 1 aromatic carbocycles. The number of allylic oxidation sites excluding steroid dienone is 2. The Labute approximate surface area is 207 Å². The molecule has 7 rings (SSSR count). The third-order valence-electron chi connectivity index (χ3n) is 10.7. The molecule has 180 valence electrons. The molecule has 4 heteroatoms. The first kappa shape index (κ1) is 21.5. The molecule has 0 bridgehead atoms. The van der Waals surface area contributed by atoms with Gasteiger partial charge in [-0.3, -0.25) is 4.79 Å². The van der Waals surface area contributed by atoms with E-state index in [1.165, 1.54) is 43.2 Å². The topological polar surface area (TPSA) is 52.1 Å². The van der Waals surface area contributed by atoms with Crippen LogP contribution in [-0.4, -0.2) is 21.4 Å². The minimum absolute atomic E-state index is 0.00128. The lowest BCUT2D eigenvalue weighted by Gasteiger charge is -2.55. The van der Waals surface area contributed by atoms with Crippen LogP contribution in [-0.2, 0) is 9.53 Å². The maximum absolute atomic E-state index is 12.9. The second kappa shape index (κ2) is 7.88. The highest BCUT2D eigenvalue weighted by molar-refractivity contribution is 5.99. The first-order valence-electron chi connectivity index (χ1n) is 13.5. The summed E-state index contributed by atoms with van der Waals surface area (Å²) < 4.78 is 6.12. The molecule has 1 aliphatic heterocycles. The molecule has 3 fully saturated rings. The fraction of sp³-hybridized carbons (Fsp3) is 0.516. The Morgan fingerprint density at radius 3 is 2.51 bits per heavy atom. The van der Waals surface area contributed by atoms with Crippen molar-refractivity contribution in [3.8, 4) is 11.1 Å². The van der Waals surface area contributed by atoms with Crippen LogP contribution in [0.1, 0.15) is 69.8 Å². The Balaban J connectivity index is 1.10. The molecule has 1 aromatic heterocycles. The van der Waals surface area contributed by atoms with Gasteiger partial charge >= 0.3 is 0 Å². The van der Waals surface area contributed by atoms with Gasteiger partial charge < -0.3 is 4.74 Å². The predicted molar refractivity (Wildman–Crippen MR) is 135 cm³/mol. The van der Waals surface area contributed by atoms with E-state index in [9.17, 15) is 4.79 Å². The quantitative estimate of drug-likeness (QED) is 0.465. The van der Waals surface area contributed by atoms with Gasteiger partial charge in [0.1, 0.15) is 6.33 Å². The summed E-state index contributed by atoms with van der Waals surface area (Å²) in [6.45, 7) is 2.37. The summed E-state index contributed by atoms with van der Waals surface area (Å²) in [6, 6.07) is 9.03. The van der Waals surface area contributed by atoms with Gasteiger partial charge in [0.15, 0.2) is 5.60 Å². The Bertz CT molecular complexity index is 1200.